The van der Waals surface area contributed by atoms with E-state index in [1.54, 1.807) is 12.0 Å². The van der Waals surface area contributed by atoms with Gasteiger partial charge >= 0.3 is 0 Å². The Balaban J connectivity index is 2.14. The van der Waals surface area contributed by atoms with Crippen LogP contribution in [0.1, 0.15) is 12.0 Å². The van der Waals surface area contributed by atoms with Crippen LogP contribution in [0.25, 0.3) is 0 Å². The van der Waals surface area contributed by atoms with Crippen LogP contribution in [0.2, 0.25) is 0 Å². The van der Waals surface area contributed by atoms with E-state index in [2.05, 4.69) is 5.32 Å². The minimum absolute atomic E-state index is 0.00851. The van der Waals surface area contributed by atoms with E-state index in [1.807, 2.05) is 6.07 Å². The Bertz CT molecular complexity index is 618. The minimum Gasteiger partial charge on any atom is -0.484 e. The number of nitrogens with zero attached hydrogens (tertiary/aromatic N) is 2. The molecule has 0 bridgehead atoms. The van der Waals surface area contributed by atoms with Gasteiger partial charge in [-0.15, -0.1) is 0 Å². The fourth-order valence-corrected chi connectivity index (χ4v) is 3.13. The second-order valence-electron chi connectivity index (χ2n) is 5.49. The van der Waals surface area contributed by atoms with E-state index in [0.29, 0.717) is 32.7 Å². The van der Waals surface area contributed by atoms with Crippen molar-refractivity contribution in [2.75, 3.05) is 38.3 Å². The number of hydrogen-bond donors (Lipinski definition) is 1. The van der Waals surface area contributed by atoms with E-state index in [-0.39, 0.29) is 29.1 Å². The maximum absolute atomic E-state index is 14.4. The van der Waals surface area contributed by atoms with Crippen LogP contribution in [0, 0.1) is 23.0 Å². The van der Waals surface area contributed by atoms with Gasteiger partial charge < -0.3 is 19.7 Å². The molecular formula is C15H17F2N3O2. The van der Waals surface area contributed by atoms with Gasteiger partial charge in [0.25, 0.3) is 0 Å². The molecule has 22 heavy (non-hydrogen) atoms. The molecule has 2 aliphatic heterocycles. The van der Waals surface area contributed by atoms with Gasteiger partial charge in [-0.1, -0.05) is 0 Å². The van der Waals surface area contributed by atoms with E-state index in [0.717, 1.165) is 6.07 Å². The van der Waals surface area contributed by atoms with Gasteiger partial charge in [0, 0.05) is 39.2 Å². The smallest absolute Gasteiger partial charge is 0.185 e. The maximum atomic E-state index is 14.4. The molecule has 0 saturated carbocycles. The van der Waals surface area contributed by atoms with Crippen molar-refractivity contribution in [2.45, 2.75) is 18.6 Å². The summed E-state index contributed by atoms with van der Waals surface area (Å²) in [5.41, 5.74) is 0.0656. The predicted octanol–water partition coefficient (Wildman–Crippen LogP) is 1.41. The minimum atomic E-state index is -1.03. The zero-order valence-corrected chi connectivity index (χ0v) is 12.2. The zero-order chi connectivity index (χ0) is 15.7. The number of nitriles is 1. The van der Waals surface area contributed by atoms with Crippen molar-refractivity contribution in [1.29, 1.82) is 5.26 Å². The number of rotatable bonds is 2. The number of nitrogens with one attached hydrogen (secondary N) is 1. The highest BCUT2D eigenvalue weighted by Crippen LogP contribution is 2.41. The van der Waals surface area contributed by atoms with E-state index in [4.69, 9.17) is 9.47 Å². The largest absolute Gasteiger partial charge is 0.484 e. The summed E-state index contributed by atoms with van der Waals surface area (Å²) >= 11 is 0. The van der Waals surface area contributed by atoms with Crippen LogP contribution >= 0.6 is 0 Å². The van der Waals surface area contributed by atoms with Crippen LogP contribution in [0.3, 0.4) is 0 Å². The fraction of sp³-hybridized carbons (Fsp3) is 0.533. The average molecular weight is 309 g/mol. The number of halogens is 2. The first-order valence-corrected chi connectivity index (χ1v) is 7.20. The van der Waals surface area contributed by atoms with Crippen molar-refractivity contribution in [3.05, 3.63) is 23.3 Å². The first kappa shape index (κ1) is 15.0. The van der Waals surface area contributed by atoms with Crippen LogP contribution in [0.4, 0.5) is 14.5 Å². The van der Waals surface area contributed by atoms with Crippen molar-refractivity contribution in [1.82, 2.24) is 5.32 Å². The fourth-order valence-electron chi connectivity index (χ4n) is 3.13. The lowest BCUT2D eigenvalue weighted by Gasteiger charge is -2.37. The summed E-state index contributed by atoms with van der Waals surface area (Å²) in [6.45, 7) is 2.18. The molecule has 0 aliphatic carbocycles. The molecule has 5 nitrogen and oxygen atoms in total. The third-order valence-electron chi connectivity index (χ3n) is 4.08. The molecule has 0 unspecified atom stereocenters. The molecule has 0 radical (unpaired) electrons. The molecule has 1 fully saturated rings. The van der Waals surface area contributed by atoms with Crippen LogP contribution in [-0.4, -0.2) is 45.5 Å². The second-order valence-corrected chi connectivity index (χ2v) is 5.49. The van der Waals surface area contributed by atoms with Crippen LogP contribution in [0.15, 0.2) is 6.07 Å². The van der Waals surface area contributed by atoms with Crippen molar-refractivity contribution >= 4 is 5.69 Å². The molecule has 1 N–H and O–H groups in total. The maximum Gasteiger partial charge on any atom is 0.185 e. The quantitative estimate of drug-likeness (QED) is 0.895. The molecule has 1 aromatic carbocycles. The highest BCUT2D eigenvalue weighted by atomic mass is 19.2. The van der Waals surface area contributed by atoms with Crippen molar-refractivity contribution in [2.24, 2.45) is 0 Å². The lowest BCUT2D eigenvalue weighted by atomic mass is 10.0. The number of anilines is 1. The molecule has 2 heterocycles. The number of hydrogen-bond acceptors (Lipinski definition) is 5. The topological polar surface area (TPSA) is 57.5 Å². The summed E-state index contributed by atoms with van der Waals surface area (Å²) < 4.78 is 39.2. The lowest BCUT2D eigenvalue weighted by molar-refractivity contribution is 0.0743. The number of piperazine rings is 1. The summed E-state index contributed by atoms with van der Waals surface area (Å²) in [4.78, 5) is 1.81. The van der Waals surface area contributed by atoms with Gasteiger partial charge in [-0.3, -0.25) is 0 Å². The van der Waals surface area contributed by atoms with E-state index in [9.17, 15) is 14.0 Å². The Morgan fingerprint density at radius 3 is 3.09 bits per heavy atom. The SMILES string of the molecule is COC[C@@H]1C[C@@H]2CNCCN2c2c(F)c(F)cc(C#N)c2O1. The van der Waals surface area contributed by atoms with Gasteiger partial charge in [-0.05, 0) is 6.07 Å². The van der Waals surface area contributed by atoms with Crippen LogP contribution in [-0.2, 0) is 4.74 Å². The molecule has 1 aromatic rings. The van der Waals surface area contributed by atoms with Crippen molar-refractivity contribution in [3.8, 4) is 11.8 Å². The number of fused-ring (bicyclic) bond motifs is 3. The first-order chi connectivity index (χ1) is 10.7. The second kappa shape index (κ2) is 6.07. The van der Waals surface area contributed by atoms with Gasteiger partial charge in [0.05, 0.1) is 12.2 Å². The highest BCUT2D eigenvalue weighted by molar-refractivity contribution is 5.67. The zero-order valence-electron chi connectivity index (χ0n) is 12.2. The Kier molecular flexibility index (Phi) is 4.14. The predicted molar refractivity (Wildman–Crippen MR) is 76.0 cm³/mol. The number of benzene rings is 1. The first-order valence-electron chi connectivity index (χ1n) is 7.20. The standard InChI is InChI=1S/C15H17F2N3O2/c1-21-8-11-5-10-7-19-2-3-20(10)14-13(17)12(16)4-9(6-18)15(14)22-11/h4,10-11,19H,2-3,5,7-8H2,1H3/t10-,11+/m1/s1. The summed E-state index contributed by atoms with van der Waals surface area (Å²) in [7, 11) is 1.56. The lowest BCUT2D eigenvalue weighted by Crippen LogP contribution is -2.52. The number of methoxy groups -OCH3 is 1. The number of ether oxygens (including phenoxy) is 2. The monoisotopic (exact) mass is 309 g/mol. The molecule has 0 amide bonds. The van der Waals surface area contributed by atoms with Gasteiger partial charge in [0.15, 0.2) is 17.4 Å². The molecule has 118 valence electrons. The van der Waals surface area contributed by atoms with E-state index >= 15 is 0 Å². The van der Waals surface area contributed by atoms with Gasteiger partial charge in [-0.2, -0.15) is 5.26 Å². The molecular weight excluding hydrogens is 292 g/mol. The third-order valence-corrected chi connectivity index (χ3v) is 4.08. The molecule has 0 aromatic heterocycles. The van der Waals surface area contributed by atoms with Crippen LogP contribution in [0.5, 0.6) is 5.75 Å². The van der Waals surface area contributed by atoms with Crippen LogP contribution < -0.4 is 15.0 Å². The highest BCUT2D eigenvalue weighted by Gasteiger charge is 2.36. The Morgan fingerprint density at radius 2 is 2.36 bits per heavy atom. The normalized spacial score (nSPS) is 23.8. The van der Waals surface area contributed by atoms with Gasteiger partial charge in [0.1, 0.15) is 17.9 Å². The summed E-state index contributed by atoms with van der Waals surface area (Å²) in [6, 6.07) is 2.75. The summed E-state index contributed by atoms with van der Waals surface area (Å²) in [6.07, 6.45) is 0.303. The summed E-state index contributed by atoms with van der Waals surface area (Å²) in [5, 5.41) is 12.5. The van der Waals surface area contributed by atoms with Gasteiger partial charge in [0.2, 0.25) is 0 Å². The Hall–Kier alpha value is -1.91. The molecule has 7 heteroatoms. The molecule has 3 rings (SSSR count). The molecule has 1 saturated heterocycles. The summed E-state index contributed by atoms with van der Waals surface area (Å²) in [5.74, 6) is -1.87. The Morgan fingerprint density at radius 1 is 1.55 bits per heavy atom. The third kappa shape index (κ3) is 2.49. The van der Waals surface area contributed by atoms with Crippen molar-refractivity contribution < 1.29 is 18.3 Å². The van der Waals surface area contributed by atoms with Gasteiger partial charge in [-0.25, -0.2) is 8.78 Å². The molecule has 0 spiro atoms. The molecule has 2 atom stereocenters. The molecule has 2 aliphatic rings. The van der Waals surface area contributed by atoms with Crippen molar-refractivity contribution in [3.63, 3.8) is 0 Å². The van der Waals surface area contributed by atoms with E-state index in [1.165, 1.54) is 0 Å². The average Bonchev–Trinajstić information content (AvgIpc) is 2.68. The van der Waals surface area contributed by atoms with E-state index < -0.39 is 11.6 Å². The Labute approximate surface area is 127 Å².